The zero-order valence-corrected chi connectivity index (χ0v) is 18.5. The number of fused-ring (bicyclic) bond motifs is 1. The second kappa shape index (κ2) is 9.02. The highest BCUT2D eigenvalue weighted by Gasteiger charge is 2.28. The van der Waals surface area contributed by atoms with Crippen LogP contribution in [-0.4, -0.2) is 65.8 Å². The monoisotopic (exact) mass is 450 g/mol. The third kappa shape index (κ3) is 4.85. The Labute approximate surface area is 180 Å². The summed E-state index contributed by atoms with van der Waals surface area (Å²) in [6, 6.07) is 4.17. The molecule has 2 N–H and O–H groups in total. The molecule has 1 aliphatic heterocycles. The molecule has 11 nitrogen and oxygen atoms in total. The molecule has 2 heterocycles. The lowest BCUT2D eigenvalue weighted by Crippen LogP contribution is -2.44. The second-order valence-electron chi connectivity index (χ2n) is 7.45. The molecule has 2 aromatic rings. The van der Waals surface area contributed by atoms with E-state index in [1.807, 2.05) is 4.57 Å². The average molecular weight is 451 g/mol. The summed E-state index contributed by atoms with van der Waals surface area (Å²) in [6.45, 7) is 2.53. The van der Waals surface area contributed by atoms with E-state index in [0.717, 1.165) is 27.7 Å². The summed E-state index contributed by atoms with van der Waals surface area (Å²) in [5, 5.41) is 3.02. The number of unbranched alkanes of at least 4 members (excludes halogenated alkanes) is 1. The van der Waals surface area contributed by atoms with Gasteiger partial charge in [-0.05, 0) is 24.6 Å². The van der Waals surface area contributed by atoms with Gasteiger partial charge in [0, 0.05) is 33.5 Å². The van der Waals surface area contributed by atoms with Crippen LogP contribution in [0.4, 0.5) is 4.79 Å². The quantitative estimate of drug-likeness (QED) is 0.538. The number of carbonyl (C=O) groups is 3. The summed E-state index contributed by atoms with van der Waals surface area (Å²) in [7, 11) is -0.649. The molecule has 0 aliphatic carbocycles. The molecule has 0 saturated carbocycles. The number of amides is 4. The molecule has 0 atom stereocenters. The lowest BCUT2D eigenvalue weighted by molar-refractivity contribution is -0.125. The highest BCUT2D eigenvalue weighted by molar-refractivity contribution is 7.89. The highest BCUT2D eigenvalue weighted by atomic mass is 32.2. The molecule has 1 fully saturated rings. The van der Waals surface area contributed by atoms with Crippen LogP contribution in [0.2, 0.25) is 0 Å². The van der Waals surface area contributed by atoms with E-state index in [2.05, 4.69) is 22.7 Å². The standard InChI is InChI=1S/C19H26N6O5S/c1-4-5-10-24-15-7-6-13(31(29,30)23(2)3)11-14(15)20-16(24)8-9-17(26)22-25-12-18(27)21-19(25)28/h6-7,11H,4-5,8-10,12H2,1-3H3,(H,22,26)(H,21,27,28). The Hall–Kier alpha value is -2.99. The Bertz CT molecular complexity index is 1120. The van der Waals surface area contributed by atoms with E-state index in [1.54, 1.807) is 12.1 Å². The molecule has 1 aromatic carbocycles. The van der Waals surface area contributed by atoms with Gasteiger partial charge in [0.15, 0.2) is 0 Å². The van der Waals surface area contributed by atoms with Gasteiger partial charge in [-0.15, -0.1) is 0 Å². The number of benzene rings is 1. The SMILES string of the molecule is CCCCn1c(CCC(=O)NN2CC(=O)NC2=O)nc2cc(S(=O)(=O)N(C)C)ccc21. The average Bonchev–Trinajstić information content (AvgIpc) is 3.22. The fourth-order valence-corrected chi connectivity index (χ4v) is 4.17. The zero-order chi connectivity index (χ0) is 22.8. The number of imidazole rings is 1. The number of urea groups is 1. The van der Waals surface area contributed by atoms with E-state index < -0.39 is 27.9 Å². The number of rotatable bonds is 9. The van der Waals surface area contributed by atoms with E-state index in [-0.39, 0.29) is 17.9 Å². The summed E-state index contributed by atoms with van der Waals surface area (Å²) in [5.41, 5.74) is 3.74. The lowest BCUT2D eigenvalue weighted by Gasteiger charge is -2.14. The van der Waals surface area contributed by atoms with E-state index in [4.69, 9.17) is 0 Å². The van der Waals surface area contributed by atoms with Crippen molar-refractivity contribution in [1.82, 2.24) is 29.6 Å². The number of hydrogen-bond donors (Lipinski definition) is 2. The number of aryl methyl sites for hydroxylation is 2. The van der Waals surface area contributed by atoms with Gasteiger partial charge in [0.1, 0.15) is 12.4 Å². The van der Waals surface area contributed by atoms with Crippen LogP contribution in [0.25, 0.3) is 11.0 Å². The number of imide groups is 1. The van der Waals surface area contributed by atoms with Crippen molar-refractivity contribution in [3.05, 3.63) is 24.0 Å². The molecule has 0 unspecified atom stereocenters. The Morgan fingerprint density at radius 2 is 2.03 bits per heavy atom. The summed E-state index contributed by atoms with van der Waals surface area (Å²) in [5.74, 6) is -0.245. The van der Waals surface area contributed by atoms with Crippen LogP contribution >= 0.6 is 0 Å². The predicted octanol–water partition coefficient (Wildman–Crippen LogP) is 0.602. The lowest BCUT2D eigenvalue weighted by atomic mass is 10.2. The number of aromatic nitrogens is 2. The first-order valence-corrected chi connectivity index (χ1v) is 11.4. The maximum atomic E-state index is 12.4. The first-order chi connectivity index (χ1) is 14.6. The van der Waals surface area contributed by atoms with Crippen LogP contribution in [0.1, 0.15) is 32.0 Å². The summed E-state index contributed by atoms with van der Waals surface area (Å²) >= 11 is 0. The number of hydrazine groups is 1. The molecule has 1 saturated heterocycles. The Balaban J connectivity index is 1.82. The smallest absolute Gasteiger partial charge is 0.328 e. The maximum Gasteiger partial charge on any atom is 0.343 e. The van der Waals surface area contributed by atoms with E-state index in [9.17, 15) is 22.8 Å². The van der Waals surface area contributed by atoms with Crippen LogP contribution in [-0.2, 0) is 32.6 Å². The Kier molecular flexibility index (Phi) is 6.60. The van der Waals surface area contributed by atoms with Crippen molar-refractivity contribution in [3.63, 3.8) is 0 Å². The van der Waals surface area contributed by atoms with Crippen molar-refractivity contribution in [2.24, 2.45) is 0 Å². The largest absolute Gasteiger partial charge is 0.343 e. The number of nitrogens with one attached hydrogen (secondary N) is 2. The zero-order valence-electron chi connectivity index (χ0n) is 17.7. The van der Waals surface area contributed by atoms with Crippen LogP contribution < -0.4 is 10.7 Å². The van der Waals surface area contributed by atoms with Gasteiger partial charge in [-0.2, -0.15) is 0 Å². The van der Waals surface area contributed by atoms with Gasteiger partial charge in [-0.1, -0.05) is 13.3 Å². The van der Waals surface area contributed by atoms with E-state index in [1.165, 1.54) is 20.2 Å². The number of nitrogens with zero attached hydrogens (tertiary/aromatic N) is 4. The van der Waals surface area contributed by atoms with Gasteiger partial charge in [-0.3, -0.25) is 20.3 Å². The number of sulfonamides is 1. The molecule has 4 amide bonds. The first-order valence-electron chi connectivity index (χ1n) is 9.96. The summed E-state index contributed by atoms with van der Waals surface area (Å²) in [6.07, 6.45) is 2.21. The molecule has 31 heavy (non-hydrogen) atoms. The van der Waals surface area contributed by atoms with Crippen LogP contribution in [0, 0.1) is 0 Å². The van der Waals surface area contributed by atoms with E-state index >= 15 is 0 Å². The molecular formula is C19H26N6O5S. The fraction of sp³-hybridized carbons (Fsp3) is 0.474. The van der Waals surface area contributed by atoms with Gasteiger partial charge in [0.05, 0.1) is 15.9 Å². The van der Waals surface area contributed by atoms with Crippen molar-refractivity contribution in [3.8, 4) is 0 Å². The minimum Gasteiger partial charge on any atom is -0.328 e. The van der Waals surface area contributed by atoms with Crippen LogP contribution in [0.3, 0.4) is 0 Å². The molecule has 1 aromatic heterocycles. The van der Waals surface area contributed by atoms with E-state index in [0.29, 0.717) is 24.3 Å². The van der Waals surface area contributed by atoms with Crippen molar-refractivity contribution in [2.45, 2.75) is 44.0 Å². The fourth-order valence-electron chi connectivity index (χ4n) is 3.25. The number of carbonyl (C=O) groups excluding carboxylic acids is 3. The molecule has 3 rings (SSSR count). The van der Waals surface area contributed by atoms with Crippen molar-refractivity contribution < 1.29 is 22.8 Å². The minimum atomic E-state index is -3.59. The molecule has 168 valence electrons. The third-order valence-corrected chi connectivity index (χ3v) is 6.75. The summed E-state index contributed by atoms with van der Waals surface area (Å²) < 4.78 is 28.0. The molecular weight excluding hydrogens is 424 g/mol. The van der Waals surface area contributed by atoms with Gasteiger partial charge in [0.2, 0.25) is 21.8 Å². The molecule has 12 heteroatoms. The van der Waals surface area contributed by atoms with Crippen LogP contribution in [0.15, 0.2) is 23.1 Å². The first kappa shape index (κ1) is 22.7. The highest BCUT2D eigenvalue weighted by Crippen LogP contribution is 2.23. The van der Waals surface area contributed by atoms with Crippen molar-refractivity contribution >= 4 is 38.9 Å². The Morgan fingerprint density at radius 1 is 1.29 bits per heavy atom. The predicted molar refractivity (Wildman–Crippen MR) is 112 cm³/mol. The maximum absolute atomic E-state index is 12.4. The van der Waals surface area contributed by atoms with Gasteiger partial charge in [0.25, 0.3) is 0 Å². The number of hydrogen-bond acceptors (Lipinski definition) is 6. The van der Waals surface area contributed by atoms with Crippen molar-refractivity contribution in [1.29, 1.82) is 0 Å². The van der Waals surface area contributed by atoms with Crippen LogP contribution in [0.5, 0.6) is 0 Å². The normalized spacial score (nSPS) is 14.5. The van der Waals surface area contributed by atoms with Gasteiger partial charge >= 0.3 is 6.03 Å². The molecule has 0 spiro atoms. The minimum absolute atomic E-state index is 0.0519. The van der Waals surface area contributed by atoms with Gasteiger partial charge < -0.3 is 4.57 Å². The summed E-state index contributed by atoms with van der Waals surface area (Å²) in [4.78, 5) is 39.8. The van der Waals surface area contributed by atoms with Gasteiger partial charge in [-0.25, -0.2) is 27.5 Å². The molecule has 1 aliphatic rings. The van der Waals surface area contributed by atoms with Crippen molar-refractivity contribution in [2.75, 3.05) is 20.6 Å². The Morgan fingerprint density at radius 3 is 2.65 bits per heavy atom. The molecule has 0 radical (unpaired) electrons. The second-order valence-corrected chi connectivity index (χ2v) is 9.60. The topological polar surface area (TPSA) is 134 Å². The third-order valence-electron chi connectivity index (χ3n) is 4.94. The molecule has 0 bridgehead atoms.